The SMILES string of the molecule is CC(C)CC(CCI)N1CCCCC1. The van der Waals surface area contributed by atoms with Gasteiger partial charge in [0, 0.05) is 10.5 Å². The van der Waals surface area contributed by atoms with Crippen LogP contribution in [0.2, 0.25) is 0 Å². The van der Waals surface area contributed by atoms with Crippen molar-refractivity contribution in [2.45, 2.75) is 52.0 Å². The van der Waals surface area contributed by atoms with Gasteiger partial charge in [-0.15, -0.1) is 0 Å². The quantitative estimate of drug-likeness (QED) is 0.553. The van der Waals surface area contributed by atoms with E-state index in [2.05, 4.69) is 41.3 Å². The van der Waals surface area contributed by atoms with Gasteiger partial charge in [-0.1, -0.05) is 42.9 Å². The second kappa shape index (κ2) is 7.04. The predicted molar refractivity (Wildman–Crippen MR) is 72.2 cm³/mol. The number of hydrogen-bond acceptors (Lipinski definition) is 1. The van der Waals surface area contributed by atoms with E-state index in [4.69, 9.17) is 0 Å². The molecule has 1 aliphatic heterocycles. The van der Waals surface area contributed by atoms with E-state index in [9.17, 15) is 0 Å². The molecule has 2 heteroatoms. The minimum absolute atomic E-state index is 0.852. The molecule has 1 rings (SSSR count). The van der Waals surface area contributed by atoms with Crippen molar-refractivity contribution < 1.29 is 0 Å². The van der Waals surface area contributed by atoms with Gasteiger partial charge in [-0.2, -0.15) is 0 Å². The zero-order valence-corrected chi connectivity index (χ0v) is 11.8. The number of nitrogens with zero attached hydrogens (tertiary/aromatic N) is 1. The summed E-state index contributed by atoms with van der Waals surface area (Å²) in [5, 5.41) is 0. The Morgan fingerprint density at radius 3 is 2.29 bits per heavy atom. The highest BCUT2D eigenvalue weighted by Gasteiger charge is 2.20. The topological polar surface area (TPSA) is 3.24 Å². The summed E-state index contributed by atoms with van der Waals surface area (Å²) in [6.45, 7) is 7.41. The molecule has 0 bridgehead atoms. The Labute approximate surface area is 103 Å². The molecular formula is C12H24IN. The van der Waals surface area contributed by atoms with E-state index in [1.807, 2.05) is 0 Å². The molecule has 0 aromatic heterocycles. The Balaban J connectivity index is 2.38. The molecule has 0 aliphatic carbocycles. The first-order valence-electron chi connectivity index (χ1n) is 6.04. The van der Waals surface area contributed by atoms with Crippen molar-refractivity contribution in [2.75, 3.05) is 17.5 Å². The molecule has 1 unspecified atom stereocenters. The van der Waals surface area contributed by atoms with Gasteiger partial charge in [0.25, 0.3) is 0 Å². The fourth-order valence-electron chi connectivity index (χ4n) is 2.40. The Kier molecular flexibility index (Phi) is 6.42. The Morgan fingerprint density at radius 2 is 1.79 bits per heavy atom. The summed E-state index contributed by atoms with van der Waals surface area (Å²) >= 11 is 2.52. The van der Waals surface area contributed by atoms with Crippen LogP contribution in [0.5, 0.6) is 0 Å². The van der Waals surface area contributed by atoms with Gasteiger partial charge in [-0.05, 0) is 44.7 Å². The Morgan fingerprint density at radius 1 is 1.14 bits per heavy atom. The van der Waals surface area contributed by atoms with Crippen LogP contribution < -0.4 is 0 Å². The minimum Gasteiger partial charge on any atom is -0.300 e. The van der Waals surface area contributed by atoms with Gasteiger partial charge < -0.3 is 4.90 Å². The van der Waals surface area contributed by atoms with Gasteiger partial charge in [-0.25, -0.2) is 0 Å². The molecule has 1 aliphatic rings. The van der Waals surface area contributed by atoms with Crippen LogP contribution in [0.4, 0.5) is 0 Å². The van der Waals surface area contributed by atoms with Gasteiger partial charge >= 0.3 is 0 Å². The zero-order valence-electron chi connectivity index (χ0n) is 9.64. The van der Waals surface area contributed by atoms with Gasteiger partial charge in [0.2, 0.25) is 0 Å². The summed E-state index contributed by atoms with van der Waals surface area (Å²) < 4.78 is 1.31. The predicted octanol–water partition coefficient (Wildman–Crippen LogP) is 3.71. The zero-order chi connectivity index (χ0) is 10.4. The molecule has 0 radical (unpaired) electrons. The normalized spacial score (nSPS) is 21.4. The lowest BCUT2D eigenvalue weighted by molar-refractivity contribution is 0.142. The van der Waals surface area contributed by atoms with Gasteiger partial charge in [0.1, 0.15) is 0 Å². The van der Waals surface area contributed by atoms with Crippen molar-refractivity contribution in [3.8, 4) is 0 Å². The third kappa shape index (κ3) is 4.47. The lowest BCUT2D eigenvalue weighted by Crippen LogP contribution is -2.40. The molecule has 84 valence electrons. The van der Waals surface area contributed by atoms with Crippen LogP contribution >= 0.6 is 22.6 Å². The van der Waals surface area contributed by atoms with E-state index in [0.29, 0.717) is 0 Å². The molecule has 14 heavy (non-hydrogen) atoms. The van der Waals surface area contributed by atoms with E-state index in [-0.39, 0.29) is 0 Å². The maximum Gasteiger partial charge on any atom is 0.0105 e. The van der Waals surface area contributed by atoms with Crippen molar-refractivity contribution in [1.82, 2.24) is 4.90 Å². The van der Waals surface area contributed by atoms with Crippen LogP contribution in [-0.2, 0) is 0 Å². The molecular weight excluding hydrogens is 285 g/mol. The fraction of sp³-hybridized carbons (Fsp3) is 1.00. The highest BCUT2D eigenvalue weighted by molar-refractivity contribution is 14.1. The first-order chi connectivity index (χ1) is 6.74. The second-order valence-corrected chi connectivity index (χ2v) is 5.94. The van der Waals surface area contributed by atoms with Gasteiger partial charge in [0.05, 0.1) is 0 Å². The van der Waals surface area contributed by atoms with Crippen molar-refractivity contribution >= 4 is 22.6 Å². The van der Waals surface area contributed by atoms with Gasteiger partial charge in [-0.3, -0.25) is 0 Å². The third-order valence-corrected chi connectivity index (χ3v) is 3.72. The third-order valence-electron chi connectivity index (χ3n) is 3.09. The Hall–Kier alpha value is 0.690. The summed E-state index contributed by atoms with van der Waals surface area (Å²) in [4.78, 5) is 2.74. The van der Waals surface area contributed by atoms with E-state index in [1.54, 1.807) is 0 Å². The number of rotatable bonds is 5. The highest BCUT2D eigenvalue weighted by atomic mass is 127. The smallest absolute Gasteiger partial charge is 0.0105 e. The van der Waals surface area contributed by atoms with Crippen LogP contribution in [0.3, 0.4) is 0 Å². The molecule has 1 atom stereocenters. The maximum absolute atomic E-state index is 2.74. The number of halogens is 1. The second-order valence-electron chi connectivity index (χ2n) is 4.86. The first-order valence-corrected chi connectivity index (χ1v) is 7.56. The Bertz CT molecular complexity index is 141. The largest absolute Gasteiger partial charge is 0.300 e. The van der Waals surface area contributed by atoms with Crippen LogP contribution in [-0.4, -0.2) is 28.5 Å². The maximum atomic E-state index is 2.74. The molecule has 0 aromatic carbocycles. The first kappa shape index (κ1) is 12.8. The summed E-state index contributed by atoms with van der Waals surface area (Å²) in [6.07, 6.45) is 7.09. The summed E-state index contributed by atoms with van der Waals surface area (Å²) in [5.41, 5.74) is 0. The van der Waals surface area contributed by atoms with E-state index in [1.165, 1.54) is 49.6 Å². The molecule has 1 saturated heterocycles. The van der Waals surface area contributed by atoms with Crippen LogP contribution in [0, 0.1) is 5.92 Å². The average molecular weight is 309 g/mol. The standard InChI is InChI=1S/C12H24IN/c1-11(2)10-12(6-7-13)14-8-4-3-5-9-14/h11-12H,3-10H2,1-2H3. The molecule has 1 nitrogen and oxygen atoms in total. The lowest BCUT2D eigenvalue weighted by Gasteiger charge is -2.35. The molecule has 1 heterocycles. The molecule has 0 N–H and O–H groups in total. The number of hydrogen-bond donors (Lipinski definition) is 0. The number of piperidine rings is 1. The molecule has 0 saturated carbocycles. The lowest BCUT2D eigenvalue weighted by atomic mass is 9.98. The fourth-order valence-corrected chi connectivity index (χ4v) is 3.12. The van der Waals surface area contributed by atoms with E-state index in [0.717, 1.165) is 12.0 Å². The number of likely N-dealkylation sites (tertiary alicyclic amines) is 1. The molecule has 1 fully saturated rings. The van der Waals surface area contributed by atoms with Crippen molar-refractivity contribution in [3.63, 3.8) is 0 Å². The van der Waals surface area contributed by atoms with E-state index < -0.39 is 0 Å². The van der Waals surface area contributed by atoms with Crippen LogP contribution in [0.15, 0.2) is 0 Å². The highest BCUT2D eigenvalue weighted by Crippen LogP contribution is 2.20. The molecule has 0 amide bonds. The average Bonchev–Trinajstić information content (AvgIpc) is 2.18. The van der Waals surface area contributed by atoms with Crippen LogP contribution in [0.1, 0.15) is 46.0 Å². The molecule has 0 aromatic rings. The van der Waals surface area contributed by atoms with Crippen molar-refractivity contribution in [3.05, 3.63) is 0 Å². The monoisotopic (exact) mass is 309 g/mol. The van der Waals surface area contributed by atoms with E-state index >= 15 is 0 Å². The molecule has 0 spiro atoms. The van der Waals surface area contributed by atoms with Crippen molar-refractivity contribution in [2.24, 2.45) is 5.92 Å². The summed E-state index contributed by atoms with van der Waals surface area (Å²) in [7, 11) is 0. The van der Waals surface area contributed by atoms with Gasteiger partial charge in [0.15, 0.2) is 0 Å². The number of alkyl halides is 1. The summed E-state index contributed by atoms with van der Waals surface area (Å²) in [6, 6.07) is 0.868. The van der Waals surface area contributed by atoms with Crippen LogP contribution in [0.25, 0.3) is 0 Å². The van der Waals surface area contributed by atoms with Crippen molar-refractivity contribution in [1.29, 1.82) is 0 Å². The minimum atomic E-state index is 0.852. The summed E-state index contributed by atoms with van der Waals surface area (Å²) in [5.74, 6) is 0.852.